The quantitative estimate of drug-likeness (QED) is 0.680. The number of rotatable bonds is 7. The molecule has 3 rings (SSSR count). The highest BCUT2D eigenvalue weighted by Gasteiger charge is 2.63. The molecule has 1 aromatic rings. The van der Waals surface area contributed by atoms with E-state index in [0.717, 1.165) is 11.8 Å². The smallest absolute Gasteiger partial charge is 0.329 e. The second-order valence-electron chi connectivity index (χ2n) is 7.19. The molecule has 0 aliphatic carbocycles. The fraction of sp³-hybridized carbons (Fsp3) is 0.556. The molecule has 148 valence electrons. The number of likely N-dealkylation sites (tertiary alicyclic amines) is 1. The lowest BCUT2D eigenvalue weighted by molar-refractivity contribution is -0.176. The van der Waals surface area contributed by atoms with Gasteiger partial charge in [-0.05, 0) is 25.3 Å². The third kappa shape index (κ3) is 3.59. The molecule has 3 atom stereocenters. The number of carbonyl (C=O) groups is 2. The van der Waals surface area contributed by atoms with E-state index in [2.05, 4.69) is 0 Å². The van der Waals surface area contributed by atoms with Crippen LogP contribution in [-0.4, -0.2) is 71.6 Å². The zero-order chi connectivity index (χ0) is 19.8. The van der Waals surface area contributed by atoms with Gasteiger partial charge in [-0.25, -0.2) is 13.2 Å². The van der Waals surface area contributed by atoms with E-state index in [4.69, 9.17) is 4.74 Å². The van der Waals surface area contributed by atoms with Crippen LogP contribution in [0.1, 0.15) is 25.3 Å². The highest BCUT2D eigenvalue weighted by Crippen LogP contribution is 2.42. The first-order valence-electron chi connectivity index (χ1n) is 8.84. The van der Waals surface area contributed by atoms with Crippen LogP contribution in [0.2, 0.25) is 0 Å². The molecule has 1 spiro atoms. The zero-order valence-electron chi connectivity index (χ0n) is 15.4. The van der Waals surface area contributed by atoms with E-state index in [9.17, 15) is 23.1 Å². The Morgan fingerprint density at radius 2 is 2.00 bits per heavy atom. The summed E-state index contributed by atoms with van der Waals surface area (Å²) in [5.41, 5.74) is -0.223. The number of hydrogen-bond acceptors (Lipinski definition) is 5. The van der Waals surface area contributed by atoms with Gasteiger partial charge in [0.1, 0.15) is 5.54 Å². The summed E-state index contributed by atoms with van der Waals surface area (Å²) in [5.74, 6) is -1.62. The average molecular weight is 396 g/mol. The Hall–Kier alpha value is -1.97. The SMILES string of the molecule is C[C@@H](OCc1ccccc1)[C@@H](C(=O)O)N1C[C@]2(CCCN2S(C)(=O)=O)C1=O. The van der Waals surface area contributed by atoms with Gasteiger partial charge < -0.3 is 14.7 Å². The van der Waals surface area contributed by atoms with Gasteiger partial charge in [0.25, 0.3) is 0 Å². The molecule has 0 aromatic heterocycles. The van der Waals surface area contributed by atoms with Crippen molar-refractivity contribution in [3.05, 3.63) is 35.9 Å². The van der Waals surface area contributed by atoms with E-state index in [1.165, 1.54) is 9.21 Å². The first-order valence-corrected chi connectivity index (χ1v) is 10.7. The van der Waals surface area contributed by atoms with Gasteiger partial charge in [-0.3, -0.25) is 4.79 Å². The molecule has 0 radical (unpaired) electrons. The van der Waals surface area contributed by atoms with Gasteiger partial charge in [0.2, 0.25) is 15.9 Å². The molecule has 27 heavy (non-hydrogen) atoms. The third-order valence-corrected chi connectivity index (χ3v) is 6.64. The first-order chi connectivity index (χ1) is 12.7. The van der Waals surface area contributed by atoms with Gasteiger partial charge in [0, 0.05) is 6.54 Å². The van der Waals surface area contributed by atoms with Gasteiger partial charge in [-0.2, -0.15) is 4.31 Å². The van der Waals surface area contributed by atoms with E-state index in [-0.39, 0.29) is 19.7 Å². The van der Waals surface area contributed by atoms with Crippen LogP contribution in [0.4, 0.5) is 0 Å². The van der Waals surface area contributed by atoms with Crippen molar-refractivity contribution in [2.75, 3.05) is 19.3 Å². The summed E-state index contributed by atoms with van der Waals surface area (Å²) in [6.07, 6.45) is 1.35. The minimum atomic E-state index is -3.53. The number of amides is 1. The summed E-state index contributed by atoms with van der Waals surface area (Å²) in [6.45, 7) is 2.21. The molecule has 0 bridgehead atoms. The largest absolute Gasteiger partial charge is 0.480 e. The van der Waals surface area contributed by atoms with Crippen molar-refractivity contribution in [2.24, 2.45) is 0 Å². The summed E-state index contributed by atoms with van der Waals surface area (Å²) in [7, 11) is -3.53. The van der Waals surface area contributed by atoms with E-state index in [1.807, 2.05) is 30.3 Å². The number of carboxylic acid groups (broad SMARTS) is 1. The normalized spacial score (nSPS) is 25.4. The molecule has 2 aliphatic rings. The zero-order valence-corrected chi connectivity index (χ0v) is 16.2. The van der Waals surface area contributed by atoms with Crippen LogP contribution < -0.4 is 0 Å². The molecule has 1 aromatic carbocycles. The van der Waals surface area contributed by atoms with Crippen LogP contribution in [0, 0.1) is 0 Å². The first kappa shape index (κ1) is 19.8. The molecule has 8 nitrogen and oxygen atoms in total. The number of carbonyl (C=O) groups excluding carboxylic acids is 1. The molecule has 9 heteroatoms. The molecule has 0 saturated carbocycles. The number of β-lactam (4-membered cyclic amide) rings is 1. The number of carboxylic acids is 1. The van der Waals surface area contributed by atoms with Crippen LogP contribution in [0.15, 0.2) is 30.3 Å². The molecule has 2 saturated heterocycles. The molecule has 2 heterocycles. The van der Waals surface area contributed by atoms with Gasteiger partial charge in [-0.15, -0.1) is 0 Å². The van der Waals surface area contributed by atoms with E-state index < -0.39 is 39.6 Å². The lowest BCUT2D eigenvalue weighted by atomic mass is 9.84. The van der Waals surface area contributed by atoms with Crippen molar-refractivity contribution in [3.8, 4) is 0 Å². The molecule has 2 fully saturated rings. The van der Waals surface area contributed by atoms with Gasteiger partial charge in [0.15, 0.2) is 6.04 Å². The molecule has 1 N–H and O–H groups in total. The minimum absolute atomic E-state index is 0.0783. The summed E-state index contributed by atoms with van der Waals surface area (Å²) < 4.78 is 30.9. The van der Waals surface area contributed by atoms with Crippen LogP contribution >= 0.6 is 0 Å². The fourth-order valence-electron chi connectivity index (χ4n) is 4.01. The van der Waals surface area contributed by atoms with Gasteiger partial charge in [-0.1, -0.05) is 30.3 Å². The van der Waals surface area contributed by atoms with Crippen molar-refractivity contribution in [1.82, 2.24) is 9.21 Å². The monoisotopic (exact) mass is 396 g/mol. The molecular weight excluding hydrogens is 372 g/mol. The molecular formula is C18H24N2O6S. The molecule has 2 aliphatic heterocycles. The van der Waals surface area contributed by atoms with Gasteiger partial charge in [0.05, 0.1) is 25.5 Å². The maximum absolute atomic E-state index is 12.9. The Labute approximate surface area is 158 Å². The number of aliphatic carboxylic acids is 1. The standard InChI is InChI=1S/C18H24N2O6S/c1-13(26-11-14-7-4-3-5-8-14)15(16(21)22)19-12-18(17(19)23)9-6-10-20(18)27(2,24)25/h3-5,7-8,13,15H,6,9-12H2,1-2H3,(H,21,22)/t13-,15+,18-/m1/s1. The Kier molecular flexibility index (Phi) is 5.29. The van der Waals surface area contributed by atoms with Crippen LogP contribution in [0.5, 0.6) is 0 Å². The highest BCUT2D eigenvalue weighted by molar-refractivity contribution is 7.88. The Morgan fingerprint density at radius 1 is 1.33 bits per heavy atom. The third-order valence-electron chi connectivity index (χ3n) is 5.31. The van der Waals surface area contributed by atoms with Crippen molar-refractivity contribution in [1.29, 1.82) is 0 Å². The lowest BCUT2D eigenvalue weighted by Gasteiger charge is -2.52. The second-order valence-corrected chi connectivity index (χ2v) is 9.09. The number of ether oxygens (including phenoxy) is 1. The summed E-state index contributed by atoms with van der Waals surface area (Å²) in [5, 5.41) is 9.65. The van der Waals surface area contributed by atoms with E-state index >= 15 is 0 Å². The van der Waals surface area contributed by atoms with Crippen molar-refractivity contribution >= 4 is 21.9 Å². The predicted octanol–water partition coefficient (Wildman–Crippen LogP) is 0.681. The average Bonchev–Trinajstić information content (AvgIpc) is 3.07. The van der Waals surface area contributed by atoms with Crippen LogP contribution in [0.25, 0.3) is 0 Å². The van der Waals surface area contributed by atoms with E-state index in [0.29, 0.717) is 12.8 Å². The summed E-state index contributed by atoms with van der Waals surface area (Å²) >= 11 is 0. The van der Waals surface area contributed by atoms with Crippen molar-refractivity contribution in [3.63, 3.8) is 0 Å². The number of benzene rings is 1. The maximum atomic E-state index is 12.9. The molecule has 1 amide bonds. The van der Waals surface area contributed by atoms with Crippen molar-refractivity contribution < 1.29 is 27.9 Å². The number of sulfonamides is 1. The number of nitrogens with zero attached hydrogens (tertiary/aromatic N) is 2. The summed E-state index contributed by atoms with van der Waals surface area (Å²) in [4.78, 5) is 25.9. The molecule has 0 unspecified atom stereocenters. The topological polar surface area (TPSA) is 104 Å². The Bertz CT molecular complexity index is 828. The fourth-order valence-corrected chi connectivity index (χ4v) is 5.33. The second kappa shape index (κ2) is 7.21. The minimum Gasteiger partial charge on any atom is -0.480 e. The van der Waals surface area contributed by atoms with Crippen LogP contribution in [-0.2, 0) is 31.0 Å². The van der Waals surface area contributed by atoms with Crippen LogP contribution in [0.3, 0.4) is 0 Å². The van der Waals surface area contributed by atoms with E-state index in [1.54, 1.807) is 6.92 Å². The van der Waals surface area contributed by atoms with Gasteiger partial charge >= 0.3 is 5.97 Å². The predicted molar refractivity (Wildman–Crippen MR) is 97.3 cm³/mol. The highest BCUT2D eigenvalue weighted by atomic mass is 32.2. The maximum Gasteiger partial charge on any atom is 0.329 e. The van der Waals surface area contributed by atoms with Crippen molar-refractivity contribution in [2.45, 2.75) is 44.1 Å². The lowest BCUT2D eigenvalue weighted by Crippen LogP contribution is -2.76. The Balaban J connectivity index is 1.71. The Morgan fingerprint density at radius 3 is 2.56 bits per heavy atom. The number of hydrogen-bond donors (Lipinski definition) is 1. The summed E-state index contributed by atoms with van der Waals surface area (Å²) in [6, 6.07) is 8.18.